The molecule has 0 saturated heterocycles. The number of carbonyl (C=O) groups excluding carboxylic acids is 1. The second kappa shape index (κ2) is 7.49. The van der Waals surface area contributed by atoms with Gasteiger partial charge in [0, 0.05) is 5.39 Å². The smallest absolute Gasteiger partial charge is 0.544 e. The van der Waals surface area contributed by atoms with Gasteiger partial charge < -0.3 is 20.0 Å². The number of para-hydroxylation sites is 1. The number of pyridine rings is 1. The van der Waals surface area contributed by atoms with Crippen LogP contribution in [0, 0.1) is 12.8 Å². The number of hydrogen-bond acceptors (Lipinski definition) is 4. The van der Waals surface area contributed by atoms with E-state index < -0.39 is 22.8 Å². The second-order valence-electron chi connectivity index (χ2n) is 3.01. The second-order valence-corrected chi connectivity index (χ2v) is 3.01. The number of aromatic hydroxyl groups is 1. The number of aromatic amines is 1. The molecule has 0 amide bonds. The molecule has 0 saturated carbocycles. The molecule has 0 bridgehead atoms. The van der Waals surface area contributed by atoms with Crippen LogP contribution in [0.3, 0.4) is 0 Å². The standard InChI is InChI=1S/C10H7NO4.C2H2.Rb/c12-8-5-3-1-2-4-6(5)11-9(13)7(8)10(14)15;1-2;/h1-4H,(H,14,15)(H2,11,12,13);1-2H;/q;;+1/p-1. The van der Waals surface area contributed by atoms with Crippen molar-refractivity contribution >= 4 is 16.9 Å². The Morgan fingerprint density at radius 3 is 2.39 bits per heavy atom. The minimum Gasteiger partial charge on any atom is -0.544 e. The molecule has 2 aromatic rings. The molecular weight excluding hydrogens is 308 g/mol. The summed E-state index contributed by atoms with van der Waals surface area (Å²) >= 11 is 0. The zero-order chi connectivity index (χ0) is 13.0. The molecule has 18 heavy (non-hydrogen) atoms. The Labute approximate surface area is 152 Å². The maximum Gasteiger partial charge on any atom is 1.00 e. The van der Waals surface area contributed by atoms with E-state index in [1.54, 1.807) is 18.2 Å². The molecule has 86 valence electrons. The Bertz CT molecular complexity index is 645. The molecule has 2 rings (SSSR count). The van der Waals surface area contributed by atoms with Gasteiger partial charge in [-0.15, -0.1) is 12.8 Å². The summed E-state index contributed by atoms with van der Waals surface area (Å²) in [6.07, 6.45) is 8.00. The Kier molecular flexibility index (Phi) is 7.10. The first-order valence-electron chi connectivity index (χ1n) is 4.50. The molecule has 1 heterocycles. The number of aromatic carboxylic acids is 1. The minimum absolute atomic E-state index is 0. The first-order chi connectivity index (χ1) is 8.11. The molecule has 5 nitrogen and oxygen atoms in total. The number of hydrogen-bond donors (Lipinski definition) is 2. The van der Waals surface area contributed by atoms with Crippen LogP contribution in [-0.4, -0.2) is 16.1 Å². The third-order valence-electron chi connectivity index (χ3n) is 2.10. The zero-order valence-electron chi connectivity index (χ0n) is 9.64. The first kappa shape index (κ1) is 17.1. The molecule has 1 aromatic heterocycles. The Morgan fingerprint density at radius 2 is 1.83 bits per heavy atom. The van der Waals surface area contributed by atoms with Crippen LogP contribution in [0.4, 0.5) is 0 Å². The number of benzene rings is 1. The number of H-pyrrole nitrogens is 1. The molecule has 0 aliphatic rings. The van der Waals surface area contributed by atoms with Crippen LogP contribution in [0.1, 0.15) is 10.4 Å². The van der Waals surface area contributed by atoms with Crippen LogP contribution >= 0.6 is 0 Å². The van der Waals surface area contributed by atoms with E-state index in [1.165, 1.54) is 6.07 Å². The average molecular weight is 316 g/mol. The van der Waals surface area contributed by atoms with E-state index in [1.807, 2.05) is 0 Å². The average Bonchev–Trinajstić information content (AvgIpc) is 2.31. The number of fused-ring (bicyclic) bond motifs is 1. The van der Waals surface area contributed by atoms with Crippen LogP contribution < -0.4 is 68.9 Å². The van der Waals surface area contributed by atoms with E-state index in [0.717, 1.165) is 0 Å². The number of aromatic nitrogens is 1. The number of carboxylic acids is 1. The molecule has 0 unspecified atom stereocenters. The molecule has 0 aliphatic heterocycles. The van der Waals surface area contributed by atoms with E-state index >= 15 is 0 Å². The summed E-state index contributed by atoms with van der Waals surface area (Å²) < 4.78 is 0. The summed E-state index contributed by atoms with van der Waals surface area (Å²) in [6.45, 7) is 0. The predicted octanol–water partition coefficient (Wildman–Crippen LogP) is -3.15. The molecule has 2 N–H and O–H groups in total. The quantitative estimate of drug-likeness (QED) is 0.544. The summed E-state index contributed by atoms with van der Waals surface area (Å²) in [6, 6.07) is 6.36. The molecule has 0 spiro atoms. The van der Waals surface area contributed by atoms with Gasteiger partial charge in [0.2, 0.25) is 0 Å². The van der Waals surface area contributed by atoms with Crippen molar-refractivity contribution in [2.24, 2.45) is 0 Å². The monoisotopic (exact) mass is 315 g/mol. The van der Waals surface area contributed by atoms with E-state index in [2.05, 4.69) is 17.8 Å². The Morgan fingerprint density at radius 1 is 1.28 bits per heavy atom. The van der Waals surface area contributed by atoms with Crippen LogP contribution in [0.2, 0.25) is 0 Å². The molecule has 0 radical (unpaired) electrons. The summed E-state index contributed by atoms with van der Waals surface area (Å²) in [5.74, 6) is -2.26. The van der Waals surface area contributed by atoms with Gasteiger partial charge in [-0.2, -0.15) is 0 Å². The zero-order valence-corrected chi connectivity index (χ0v) is 14.6. The normalized spacial score (nSPS) is 8.78. The van der Waals surface area contributed by atoms with Gasteiger partial charge in [0.05, 0.1) is 11.5 Å². The van der Waals surface area contributed by atoms with E-state index in [9.17, 15) is 19.8 Å². The van der Waals surface area contributed by atoms with Crippen molar-refractivity contribution in [3.63, 3.8) is 0 Å². The molecule has 6 heteroatoms. The summed E-state index contributed by atoms with van der Waals surface area (Å²) in [5.41, 5.74) is -1.23. The van der Waals surface area contributed by atoms with Crippen LogP contribution in [-0.2, 0) is 0 Å². The number of carboxylic acid groups (broad SMARTS) is 1. The van der Waals surface area contributed by atoms with E-state index in [0.29, 0.717) is 5.52 Å². The molecule has 0 fully saturated rings. The largest absolute Gasteiger partial charge is 1.00 e. The number of nitrogens with one attached hydrogen (secondary N) is 1. The van der Waals surface area contributed by atoms with E-state index in [-0.39, 0.29) is 63.6 Å². The third kappa shape index (κ3) is 3.30. The van der Waals surface area contributed by atoms with Crippen LogP contribution in [0.25, 0.3) is 10.9 Å². The number of terminal acetylenes is 1. The van der Waals surface area contributed by atoms with Crippen molar-refractivity contribution in [3.05, 3.63) is 40.2 Å². The topological polar surface area (TPSA) is 93.2 Å². The maximum atomic E-state index is 11.3. The van der Waals surface area contributed by atoms with Gasteiger partial charge in [-0.05, 0) is 12.1 Å². The van der Waals surface area contributed by atoms with E-state index in [4.69, 9.17) is 0 Å². The SMILES string of the molecule is C#C.O=C([O-])c1c(O)c2ccccc2[nH]c1=O.[Rb+]. The third-order valence-corrected chi connectivity index (χ3v) is 2.10. The molecule has 1 aromatic carbocycles. The Hall–Kier alpha value is -0.935. The summed E-state index contributed by atoms with van der Waals surface area (Å²) in [5, 5.41) is 20.4. The van der Waals surface area contributed by atoms with Crippen molar-refractivity contribution in [1.29, 1.82) is 0 Å². The molecular formula is C12H8NO4Rb. The van der Waals surface area contributed by atoms with Crippen LogP contribution in [0.15, 0.2) is 29.1 Å². The van der Waals surface area contributed by atoms with Gasteiger partial charge in [-0.25, -0.2) is 0 Å². The fourth-order valence-corrected chi connectivity index (χ4v) is 1.42. The van der Waals surface area contributed by atoms with Gasteiger partial charge >= 0.3 is 58.2 Å². The fourth-order valence-electron chi connectivity index (χ4n) is 1.42. The predicted molar refractivity (Wildman–Crippen MR) is 60.5 cm³/mol. The van der Waals surface area contributed by atoms with Crippen molar-refractivity contribution in [3.8, 4) is 18.6 Å². The minimum atomic E-state index is -1.69. The van der Waals surface area contributed by atoms with Gasteiger partial charge in [-0.1, -0.05) is 12.1 Å². The Balaban J connectivity index is 0.000000917. The van der Waals surface area contributed by atoms with Crippen molar-refractivity contribution in [2.75, 3.05) is 0 Å². The first-order valence-corrected chi connectivity index (χ1v) is 4.50. The van der Waals surface area contributed by atoms with Crippen molar-refractivity contribution < 1.29 is 73.2 Å². The fraction of sp³-hybridized carbons (Fsp3) is 0. The van der Waals surface area contributed by atoms with Crippen molar-refractivity contribution in [1.82, 2.24) is 4.98 Å². The number of carbonyl (C=O) groups is 1. The van der Waals surface area contributed by atoms with Gasteiger partial charge in [0.1, 0.15) is 11.3 Å². The van der Waals surface area contributed by atoms with Gasteiger partial charge in [-0.3, -0.25) is 4.79 Å². The maximum absolute atomic E-state index is 11.3. The van der Waals surface area contributed by atoms with Crippen molar-refractivity contribution in [2.45, 2.75) is 0 Å². The van der Waals surface area contributed by atoms with Gasteiger partial charge in [0.25, 0.3) is 5.56 Å². The molecule has 0 aliphatic carbocycles. The van der Waals surface area contributed by atoms with Crippen LogP contribution in [0.5, 0.6) is 5.75 Å². The number of rotatable bonds is 1. The summed E-state index contributed by atoms with van der Waals surface area (Å²) in [4.78, 5) is 24.2. The summed E-state index contributed by atoms with van der Waals surface area (Å²) in [7, 11) is 0. The van der Waals surface area contributed by atoms with Gasteiger partial charge in [0.15, 0.2) is 0 Å². The molecule has 0 atom stereocenters.